The van der Waals surface area contributed by atoms with Gasteiger partial charge in [0.25, 0.3) is 5.91 Å². The first-order valence-corrected chi connectivity index (χ1v) is 10.3. The van der Waals surface area contributed by atoms with Crippen molar-refractivity contribution in [3.63, 3.8) is 0 Å². The molecule has 1 saturated heterocycles. The number of carbonyl (C=O) groups excluding carboxylic acids is 2. The second kappa shape index (κ2) is 8.83. The second-order valence-corrected chi connectivity index (χ2v) is 7.70. The summed E-state index contributed by atoms with van der Waals surface area (Å²) < 4.78 is 18.4. The number of para-hydroxylation sites is 1. The van der Waals surface area contributed by atoms with Gasteiger partial charge in [0, 0.05) is 38.4 Å². The molecule has 0 aromatic heterocycles. The third kappa shape index (κ3) is 4.31. The third-order valence-corrected chi connectivity index (χ3v) is 5.90. The van der Waals surface area contributed by atoms with E-state index in [4.69, 9.17) is 4.74 Å². The quantitative estimate of drug-likeness (QED) is 0.758. The first kappa shape index (κ1) is 20.3. The Morgan fingerprint density at radius 2 is 1.70 bits per heavy atom. The average molecular weight is 411 g/mol. The number of hydrogen-bond acceptors (Lipinski definition) is 4. The van der Waals surface area contributed by atoms with E-state index in [1.54, 1.807) is 4.90 Å². The van der Waals surface area contributed by atoms with Gasteiger partial charge >= 0.3 is 0 Å². The Labute approximate surface area is 175 Å². The lowest BCUT2D eigenvalue weighted by Crippen LogP contribution is -2.56. The highest BCUT2D eigenvalue weighted by Gasteiger charge is 2.33. The summed E-state index contributed by atoms with van der Waals surface area (Å²) >= 11 is 0. The Hall–Kier alpha value is -2.93. The topological polar surface area (TPSA) is 53.1 Å². The Morgan fingerprint density at radius 1 is 1.00 bits per heavy atom. The zero-order valence-electron chi connectivity index (χ0n) is 17.1. The first-order valence-electron chi connectivity index (χ1n) is 10.3. The lowest BCUT2D eigenvalue weighted by molar-refractivity contribution is -0.136. The van der Waals surface area contributed by atoms with Crippen LogP contribution < -0.4 is 9.64 Å². The summed E-state index contributed by atoms with van der Waals surface area (Å²) in [5.74, 6) is 0.130. The van der Waals surface area contributed by atoms with Crippen molar-refractivity contribution in [1.29, 1.82) is 0 Å². The summed E-state index contributed by atoms with van der Waals surface area (Å²) in [6, 6.07) is 13.4. The Kier molecular flexibility index (Phi) is 5.99. The number of rotatable bonds is 5. The molecular weight excluding hydrogens is 385 g/mol. The molecule has 0 bridgehead atoms. The number of ether oxygens (including phenoxy) is 1. The van der Waals surface area contributed by atoms with Crippen LogP contribution in [0.25, 0.3) is 0 Å². The van der Waals surface area contributed by atoms with Crippen molar-refractivity contribution in [1.82, 2.24) is 9.80 Å². The molecule has 0 radical (unpaired) electrons. The number of anilines is 1. The standard InChI is InChI=1S/C23H26FN3O3/c1-17(23(29)27-11-10-18-4-2-3-5-21(18)27)25-12-14-26(15-13-25)22(28)16-30-20-8-6-19(24)7-9-20/h2-9,17H,10-16H2,1H3. The second-order valence-electron chi connectivity index (χ2n) is 7.70. The van der Waals surface area contributed by atoms with E-state index in [2.05, 4.69) is 11.0 Å². The van der Waals surface area contributed by atoms with Gasteiger partial charge in [0.1, 0.15) is 11.6 Å². The molecule has 0 saturated carbocycles. The fourth-order valence-corrected chi connectivity index (χ4v) is 4.07. The van der Waals surface area contributed by atoms with E-state index < -0.39 is 0 Å². The van der Waals surface area contributed by atoms with E-state index in [0.717, 1.165) is 18.7 Å². The molecule has 4 rings (SSSR count). The average Bonchev–Trinajstić information content (AvgIpc) is 3.22. The maximum Gasteiger partial charge on any atom is 0.260 e. The fourth-order valence-electron chi connectivity index (χ4n) is 4.07. The monoisotopic (exact) mass is 411 g/mol. The molecule has 2 aromatic carbocycles. The largest absolute Gasteiger partial charge is 0.484 e. The predicted octanol–water partition coefficient (Wildman–Crippen LogP) is 2.33. The number of benzene rings is 2. The molecule has 1 fully saturated rings. The zero-order chi connectivity index (χ0) is 21.1. The fraction of sp³-hybridized carbons (Fsp3) is 0.391. The molecule has 2 amide bonds. The minimum absolute atomic E-state index is 0.0787. The van der Waals surface area contributed by atoms with Crippen molar-refractivity contribution >= 4 is 17.5 Å². The van der Waals surface area contributed by atoms with E-state index in [-0.39, 0.29) is 30.3 Å². The SMILES string of the molecule is CC(C(=O)N1CCc2ccccc21)N1CCN(C(=O)COc2ccc(F)cc2)CC1. The number of nitrogens with zero attached hydrogens (tertiary/aromatic N) is 3. The van der Waals surface area contributed by atoms with E-state index in [1.807, 2.05) is 30.0 Å². The number of amides is 2. The Morgan fingerprint density at radius 3 is 2.43 bits per heavy atom. The van der Waals surface area contributed by atoms with Crippen LogP contribution in [0.2, 0.25) is 0 Å². The number of hydrogen-bond donors (Lipinski definition) is 0. The van der Waals surface area contributed by atoms with E-state index >= 15 is 0 Å². The summed E-state index contributed by atoms with van der Waals surface area (Å²) in [6.07, 6.45) is 0.894. The van der Waals surface area contributed by atoms with Crippen molar-refractivity contribution in [2.24, 2.45) is 0 Å². The lowest BCUT2D eigenvalue weighted by Gasteiger charge is -2.38. The van der Waals surface area contributed by atoms with Gasteiger partial charge in [0.15, 0.2) is 6.61 Å². The summed E-state index contributed by atoms with van der Waals surface area (Å²) in [6.45, 7) is 4.99. The predicted molar refractivity (Wildman–Crippen MR) is 112 cm³/mol. The zero-order valence-corrected chi connectivity index (χ0v) is 17.1. The molecule has 2 heterocycles. The minimum Gasteiger partial charge on any atom is -0.484 e. The molecule has 6 nitrogen and oxygen atoms in total. The van der Waals surface area contributed by atoms with E-state index in [0.29, 0.717) is 31.9 Å². The van der Waals surface area contributed by atoms with Gasteiger partial charge in [-0.3, -0.25) is 14.5 Å². The van der Waals surface area contributed by atoms with Crippen LogP contribution in [0.1, 0.15) is 12.5 Å². The van der Waals surface area contributed by atoms with Crippen molar-refractivity contribution < 1.29 is 18.7 Å². The van der Waals surface area contributed by atoms with Crippen molar-refractivity contribution in [3.05, 3.63) is 59.9 Å². The molecule has 0 N–H and O–H groups in total. The van der Waals surface area contributed by atoms with Gasteiger partial charge in [0.05, 0.1) is 6.04 Å². The van der Waals surface area contributed by atoms with Gasteiger partial charge in [-0.2, -0.15) is 0 Å². The highest BCUT2D eigenvalue weighted by molar-refractivity contribution is 5.98. The molecule has 1 atom stereocenters. The Balaban J connectivity index is 1.27. The highest BCUT2D eigenvalue weighted by Crippen LogP contribution is 2.28. The van der Waals surface area contributed by atoms with Crippen LogP contribution in [0.15, 0.2) is 48.5 Å². The molecule has 0 aliphatic carbocycles. The third-order valence-electron chi connectivity index (χ3n) is 5.90. The lowest BCUT2D eigenvalue weighted by atomic mass is 10.1. The molecule has 1 unspecified atom stereocenters. The molecule has 2 aliphatic rings. The molecule has 2 aromatic rings. The van der Waals surface area contributed by atoms with Gasteiger partial charge in [0.2, 0.25) is 5.91 Å². The molecule has 158 valence electrons. The first-order chi connectivity index (χ1) is 14.5. The summed E-state index contributed by atoms with van der Waals surface area (Å²) in [5.41, 5.74) is 2.23. The van der Waals surface area contributed by atoms with Crippen LogP contribution in [0.3, 0.4) is 0 Å². The summed E-state index contributed by atoms with van der Waals surface area (Å²) in [5, 5.41) is 0. The van der Waals surface area contributed by atoms with Crippen LogP contribution in [0.5, 0.6) is 5.75 Å². The van der Waals surface area contributed by atoms with Crippen molar-refractivity contribution in [2.75, 3.05) is 44.2 Å². The molecule has 0 spiro atoms. The molecule has 7 heteroatoms. The van der Waals surface area contributed by atoms with Gasteiger partial charge in [-0.1, -0.05) is 18.2 Å². The number of halogens is 1. The van der Waals surface area contributed by atoms with Crippen LogP contribution in [-0.4, -0.2) is 67.0 Å². The summed E-state index contributed by atoms with van der Waals surface area (Å²) in [7, 11) is 0. The maximum absolute atomic E-state index is 13.1. The highest BCUT2D eigenvalue weighted by atomic mass is 19.1. The van der Waals surface area contributed by atoms with Crippen molar-refractivity contribution in [3.8, 4) is 5.75 Å². The van der Waals surface area contributed by atoms with Crippen LogP contribution in [-0.2, 0) is 16.0 Å². The molecular formula is C23H26FN3O3. The van der Waals surface area contributed by atoms with Crippen LogP contribution in [0.4, 0.5) is 10.1 Å². The number of carbonyl (C=O) groups is 2. The van der Waals surface area contributed by atoms with E-state index in [9.17, 15) is 14.0 Å². The summed E-state index contributed by atoms with van der Waals surface area (Å²) in [4.78, 5) is 31.3. The number of piperazine rings is 1. The van der Waals surface area contributed by atoms with Crippen LogP contribution in [0, 0.1) is 5.82 Å². The van der Waals surface area contributed by atoms with Gasteiger partial charge in [-0.05, 0) is 49.2 Å². The minimum atomic E-state index is -0.342. The van der Waals surface area contributed by atoms with E-state index in [1.165, 1.54) is 29.8 Å². The van der Waals surface area contributed by atoms with Gasteiger partial charge < -0.3 is 14.5 Å². The Bertz CT molecular complexity index is 910. The molecule has 2 aliphatic heterocycles. The smallest absolute Gasteiger partial charge is 0.260 e. The van der Waals surface area contributed by atoms with Crippen molar-refractivity contribution in [2.45, 2.75) is 19.4 Å². The normalized spacial score (nSPS) is 17.5. The van der Waals surface area contributed by atoms with Gasteiger partial charge in [-0.25, -0.2) is 4.39 Å². The number of fused-ring (bicyclic) bond motifs is 1. The van der Waals surface area contributed by atoms with Gasteiger partial charge in [-0.15, -0.1) is 0 Å². The van der Waals surface area contributed by atoms with Crippen LogP contribution >= 0.6 is 0 Å². The maximum atomic E-state index is 13.1. The molecule has 30 heavy (non-hydrogen) atoms.